The highest BCUT2D eigenvalue weighted by Crippen LogP contribution is 2.20. The number of rotatable bonds is 3. The fraction of sp³-hybridized carbons (Fsp3) is 0.143. The number of hydrogen-bond acceptors (Lipinski definition) is 2. The van der Waals surface area contributed by atoms with Crippen LogP contribution in [-0.4, -0.2) is 16.1 Å². The van der Waals surface area contributed by atoms with Crippen molar-refractivity contribution in [2.24, 2.45) is 0 Å². The number of aromatic nitrogens is 1. The second-order valence-corrected chi connectivity index (χ2v) is 3.93. The second-order valence-electron chi connectivity index (χ2n) is 3.93. The Morgan fingerprint density at radius 2 is 1.88 bits per heavy atom. The molecule has 17 heavy (non-hydrogen) atoms. The number of carbonyl (C=O) groups is 1. The Morgan fingerprint density at radius 1 is 1.18 bits per heavy atom. The molecule has 3 heteroatoms. The number of pyridine rings is 1. The first-order chi connectivity index (χ1) is 8.15. The molecule has 0 bridgehead atoms. The van der Waals surface area contributed by atoms with E-state index in [0.29, 0.717) is 5.69 Å². The van der Waals surface area contributed by atoms with E-state index >= 15 is 0 Å². The van der Waals surface area contributed by atoms with Gasteiger partial charge in [0.25, 0.3) is 0 Å². The van der Waals surface area contributed by atoms with Crippen LogP contribution < -0.4 is 0 Å². The first-order valence-electron chi connectivity index (χ1n) is 5.40. The Labute approximate surface area is 99.8 Å². The van der Waals surface area contributed by atoms with Gasteiger partial charge in [-0.15, -0.1) is 0 Å². The van der Waals surface area contributed by atoms with Gasteiger partial charge in [0, 0.05) is 5.69 Å². The van der Waals surface area contributed by atoms with Gasteiger partial charge >= 0.3 is 5.97 Å². The Balaban J connectivity index is 2.42. The van der Waals surface area contributed by atoms with Gasteiger partial charge in [-0.05, 0) is 30.2 Å². The summed E-state index contributed by atoms with van der Waals surface area (Å²) in [5, 5.41) is 8.78. The van der Waals surface area contributed by atoms with E-state index in [4.69, 9.17) is 5.11 Å². The largest absolute Gasteiger partial charge is 0.481 e. The number of aryl methyl sites for hydroxylation is 1. The number of hydrogen-bond donors (Lipinski definition) is 1. The summed E-state index contributed by atoms with van der Waals surface area (Å²) in [5.41, 5.74) is 3.51. The summed E-state index contributed by atoms with van der Waals surface area (Å²) in [7, 11) is 0. The minimum absolute atomic E-state index is 0.0402. The van der Waals surface area contributed by atoms with Crippen LogP contribution >= 0.6 is 0 Å². The Morgan fingerprint density at radius 3 is 2.53 bits per heavy atom. The predicted octanol–water partition coefficient (Wildman–Crippen LogP) is 2.68. The van der Waals surface area contributed by atoms with Crippen LogP contribution in [0.15, 0.2) is 42.5 Å². The Kier molecular flexibility index (Phi) is 3.19. The summed E-state index contributed by atoms with van der Waals surface area (Å²) in [6, 6.07) is 13.7. The lowest BCUT2D eigenvalue weighted by molar-refractivity contribution is -0.136. The lowest BCUT2D eigenvalue weighted by Crippen LogP contribution is -2.03. The van der Waals surface area contributed by atoms with Gasteiger partial charge in [0.2, 0.25) is 0 Å². The summed E-state index contributed by atoms with van der Waals surface area (Å²) in [5.74, 6) is -0.859. The molecule has 0 radical (unpaired) electrons. The van der Waals surface area contributed by atoms with Crippen LogP contribution in [0.5, 0.6) is 0 Å². The van der Waals surface area contributed by atoms with E-state index in [1.54, 1.807) is 0 Å². The quantitative estimate of drug-likeness (QED) is 0.877. The average molecular weight is 227 g/mol. The fourth-order valence-electron chi connectivity index (χ4n) is 1.78. The third-order valence-corrected chi connectivity index (χ3v) is 2.45. The van der Waals surface area contributed by atoms with Crippen LogP contribution in [0.2, 0.25) is 0 Å². The van der Waals surface area contributed by atoms with Gasteiger partial charge in [-0.25, -0.2) is 0 Å². The molecule has 86 valence electrons. The number of carboxylic acid groups (broad SMARTS) is 1. The molecule has 0 saturated heterocycles. The third kappa shape index (κ3) is 2.91. The van der Waals surface area contributed by atoms with E-state index in [9.17, 15) is 4.79 Å². The van der Waals surface area contributed by atoms with Gasteiger partial charge in [-0.3, -0.25) is 9.78 Å². The molecule has 0 unspecified atom stereocenters. The number of carboxylic acids is 1. The van der Waals surface area contributed by atoms with E-state index in [-0.39, 0.29) is 6.42 Å². The first-order valence-corrected chi connectivity index (χ1v) is 5.40. The van der Waals surface area contributed by atoms with Crippen LogP contribution in [0.4, 0.5) is 0 Å². The molecule has 3 nitrogen and oxygen atoms in total. The Hall–Kier alpha value is -2.16. The summed E-state index contributed by atoms with van der Waals surface area (Å²) >= 11 is 0. The van der Waals surface area contributed by atoms with Crippen molar-refractivity contribution in [1.29, 1.82) is 0 Å². The Bertz CT molecular complexity index is 535. The second kappa shape index (κ2) is 4.78. The van der Waals surface area contributed by atoms with E-state index in [1.807, 2.05) is 49.4 Å². The fourth-order valence-corrected chi connectivity index (χ4v) is 1.78. The van der Waals surface area contributed by atoms with Crippen molar-refractivity contribution in [3.63, 3.8) is 0 Å². The lowest BCUT2D eigenvalue weighted by Gasteiger charge is -2.05. The molecule has 2 rings (SSSR count). The standard InChI is InChI=1S/C14H13NO2/c1-10-7-12(11-5-3-2-4-6-11)8-13(15-10)9-14(16)17/h2-8H,9H2,1H3,(H,16,17). The lowest BCUT2D eigenvalue weighted by atomic mass is 10.0. The van der Waals surface area contributed by atoms with Crippen molar-refractivity contribution in [2.75, 3.05) is 0 Å². The van der Waals surface area contributed by atoms with E-state index in [2.05, 4.69) is 4.98 Å². The normalized spacial score (nSPS) is 10.2. The summed E-state index contributed by atoms with van der Waals surface area (Å²) in [6.07, 6.45) is -0.0402. The molecule has 0 aliphatic rings. The number of nitrogens with zero attached hydrogens (tertiary/aromatic N) is 1. The van der Waals surface area contributed by atoms with Gasteiger partial charge < -0.3 is 5.11 Å². The molecule has 0 fully saturated rings. The molecule has 0 aliphatic heterocycles. The maximum absolute atomic E-state index is 10.7. The third-order valence-electron chi connectivity index (χ3n) is 2.45. The zero-order valence-corrected chi connectivity index (χ0v) is 9.55. The monoisotopic (exact) mass is 227 g/mol. The molecule has 1 aromatic heterocycles. The smallest absolute Gasteiger partial charge is 0.309 e. The van der Waals surface area contributed by atoms with E-state index in [0.717, 1.165) is 16.8 Å². The minimum Gasteiger partial charge on any atom is -0.481 e. The number of aliphatic carboxylic acids is 1. The minimum atomic E-state index is -0.859. The summed E-state index contributed by atoms with van der Waals surface area (Å²) in [6.45, 7) is 1.87. The van der Waals surface area contributed by atoms with Crippen molar-refractivity contribution in [1.82, 2.24) is 4.98 Å². The summed E-state index contributed by atoms with van der Waals surface area (Å²) < 4.78 is 0. The van der Waals surface area contributed by atoms with Crippen molar-refractivity contribution in [3.8, 4) is 11.1 Å². The van der Waals surface area contributed by atoms with Crippen molar-refractivity contribution >= 4 is 5.97 Å². The van der Waals surface area contributed by atoms with Crippen molar-refractivity contribution in [2.45, 2.75) is 13.3 Å². The first kappa shape index (κ1) is 11.3. The van der Waals surface area contributed by atoms with Crippen molar-refractivity contribution in [3.05, 3.63) is 53.9 Å². The zero-order valence-electron chi connectivity index (χ0n) is 9.55. The molecule has 0 amide bonds. The molecular weight excluding hydrogens is 214 g/mol. The molecule has 2 aromatic rings. The molecule has 1 heterocycles. The van der Waals surface area contributed by atoms with Crippen LogP contribution in [0.3, 0.4) is 0 Å². The van der Waals surface area contributed by atoms with Gasteiger partial charge in [0.1, 0.15) is 0 Å². The number of benzene rings is 1. The van der Waals surface area contributed by atoms with E-state index in [1.165, 1.54) is 0 Å². The molecule has 0 aliphatic carbocycles. The van der Waals surface area contributed by atoms with Crippen LogP contribution in [-0.2, 0) is 11.2 Å². The summed E-state index contributed by atoms with van der Waals surface area (Å²) in [4.78, 5) is 14.9. The molecular formula is C14H13NO2. The van der Waals surface area contributed by atoms with Crippen LogP contribution in [0, 0.1) is 6.92 Å². The van der Waals surface area contributed by atoms with Gasteiger partial charge in [0.15, 0.2) is 0 Å². The highest BCUT2D eigenvalue weighted by molar-refractivity contribution is 5.71. The highest BCUT2D eigenvalue weighted by Gasteiger charge is 2.05. The topological polar surface area (TPSA) is 50.2 Å². The SMILES string of the molecule is Cc1cc(-c2ccccc2)cc(CC(=O)O)n1. The van der Waals surface area contributed by atoms with Crippen molar-refractivity contribution < 1.29 is 9.90 Å². The maximum Gasteiger partial charge on any atom is 0.309 e. The molecule has 0 spiro atoms. The highest BCUT2D eigenvalue weighted by atomic mass is 16.4. The van der Waals surface area contributed by atoms with Gasteiger partial charge in [-0.2, -0.15) is 0 Å². The zero-order chi connectivity index (χ0) is 12.3. The molecule has 1 N–H and O–H groups in total. The average Bonchev–Trinajstić information content (AvgIpc) is 2.28. The van der Waals surface area contributed by atoms with Gasteiger partial charge in [0.05, 0.1) is 12.1 Å². The maximum atomic E-state index is 10.7. The van der Waals surface area contributed by atoms with Crippen LogP contribution in [0.25, 0.3) is 11.1 Å². The molecule has 0 saturated carbocycles. The molecule has 0 atom stereocenters. The van der Waals surface area contributed by atoms with Crippen LogP contribution in [0.1, 0.15) is 11.4 Å². The van der Waals surface area contributed by atoms with Gasteiger partial charge in [-0.1, -0.05) is 30.3 Å². The molecule has 1 aromatic carbocycles. The predicted molar refractivity (Wildman–Crippen MR) is 65.7 cm³/mol. The van der Waals surface area contributed by atoms with E-state index < -0.39 is 5.97 Å².